The van der Waals surface area contributed by atoms with Gasteiger partial charge < -0.3 is 10.2 Å². The van der Waals surface area contributed by atoms with Gasteiger partial charge in [0.2, 0.25) is 0 Å². The minimum atomic E-state index is 0. The summed E-state index contributed by atoms with van der Waals surface area (Å²) in [6, 6.07) is 0.477. The molecule has 0 radical (unpaired) electrons. The van der Waals surface area contributed by atoms with Gasteiger partial charge in [0.1, 0.15) is 0 Å². The first kappa shape index (κ1) is 14.9. The number of hydrogen-bond donors (Lipinski definition) is 2. The molecule has 0 aromatic carbocycles. The maximum atomic E-state index is 5.24. The first-order valence-corrected chi connectivity index (χ1v) is 6.43. The SMILES string of the molecule is C.CC(C)[C@@H](CON)N1CC[C@]2(CCNC2)C1.[HH]. The molecule has 104 valence electrons. The van der Waals surface area contributed by atoms with Crippen molar-refractivity contribution >= 4 is 0 Å². The largest absolute Gasteiger partial charge is 0.316 e. The molecule has 2 aliphatic rings. The highest BCUT2D eigenvalue weighted by molar-refractivity contribution is 4.97. The van der Waals surface area contributed by atoms with Crippen molar-refractivity contribution in [2.45, 2.75) is 40.2 Å². The van der Waals surface area contributed by atoms with Gasteiger partial charge in [0, 0.05) is 20.6 Å². The normalized spacial score (nSPS) is 31.1. The van der Waals surface area contributed by atoms with E-state index in [1.165, 1.54) is 39.0 Å². The van der Waals surface area contributed by atoms with E-state index in [1.54, 1.807) is 0 Å². The zero-order valence-electron chi connectivity index (χ0n) is 10.5. The van der Waals surface area contributed by atoms with Gasteiger partial charge in [0.05, 0.1) is 6.61 Å². The van der Waals surface area contributed by atoms with E-state index in [-0.39, 0.29) is 8.85 Å². The first-order valence-electron chi connectivity index (χ1n) is 6.43. The number of nitrogens with zero attached hydrogens (tertiary/aromatic N) is 1. The maximum absolute atomic E-state index is 5.24. The molecule has 0 unspecified atom stereocenters. The molecular formula is C13H31N3O. The lowest BCUT2D eigenvalue weighted by molar-refractivity contribution is 0.0447. The lowest BCUT2D eigenvalue weighted by Gasteiger charge is -2.31. The average molecular weight is 245 g/mol. The van der Waals surface area contributed by atoms with Crippen LogP contribution in [0.1, 0.15) is 35.5 Å². The van der Waals surface area contributed by atoms with Crippen molar-refractivity contribution in [3.8, 4) is 0 Å². The Labute approximate surface area is 107 Å². The Balaban J connectivity index is 0.00000144. The highest BCUT2D eigenvalue weighted by Crippen LogP contribution is 2.37. The molecule has 2 rings (SSSR count). The van der Waals surface area contributed by atoms with Crippen molar-refractivity contribution < 1.29 is 6.26 Å². The van der Waals surface area contributed by atoms with Crippen LogP contribution in [-0.2, 0) is 4.84 Å². The summed E-state index contributed by atoms with van der Waals surface area (Å²) in [6.07, 6.45) is 2.66. The zero-order valence-corrected chi connectivity index (χ0v) is 10.5. The Morgan fingerprint density at radius 2 is 2.24 bits per heavy atom. The molecule has 1 spiro atoms. The van der Waals surface area contributed by atoms with Crippen LogP contribution < -0.4 is 11.2 Å². The molecule has 0 bridgehead atoms. The Kier molecular flexibility index (Phi) is 5.38. The second-order valence-electron chi connectivity index (χ2n) is 5.79. The van der Waals surface area contributed by atoms with Crippen LogP contribution >= 0.6 is 0 Å². The average Bonchev–Trinajstić information content (AvgIpc) is 2.86. The van der Waals surface area contributed by atoms with Crippen LogP contribution in [0.3, 0.4) is 0 Å². The molecule has 2 saturated heterocycles. The van der Waals surface area contributed by atoms with Crippen molar-refractivity contribution in [1.82, 2.24) is 10.2 Å². The first-order chi connectivity index (χ1) is 7.67. The Hall–Kier alpha value is -0.160. The van der Waals surface area contributed by atoms with Gasteiger partial charge in [-0.2, -0.15) is 0 Å². The summed E-state index contributed by atoms with van der Waals surface area (Å²) in [5.41, 5.74) is 0.543. The summed E-state index contributed by atoms with van der Waals surface area (Å²) < 4.78 is 0. The van der Waals surface area contributed by atoms with Crippen LogP contribution in [0.2, 0.25) is 0 Å². The van der Waals surface area contributed by atoms with E-state index in [4.69, 9.17) is 10.7 Å². The molecule has 0 saturated carbocycles. The molecule has 0 aromatic heterocycles. The summed E-state index contributed by atoms with van der Waals surface area (Å²) in [7, 11) is 0. The number of nitrogens with two attached hydrogens (primary N) is 1. The van der Waals surface area contributed by atoms with E-state index in [9.17, 15) is 0 Å². The number of nitrogens with one attached hydrogen (secondary N) is 1. The summed E-state index contributed by atoms with van der Waals surface area (Å²) in [5.74, 6) is 5.85. The van der Waals surface area contributed by atoms with Crippen LogP contribution in [0.5, 0.6) is 0 Å². The number of likely N-dealkylation sites (tertiary alicyclic amines) is 1. The highest BCUT2D eigenvalue weighted by Gasteiger charge is 2.42. The number of rotatable bonds is 4. The predicted molar refractivity (Wildman–Crippen MR) is 73.7 cm³/mol. The van der Waals surface area contributed by atoms with E-state index >= 15 is 0 Å². The van der Waals surface area contributed by atoms with E-state index in [2.05, 4.69) is 24.1 Å². The van der Waals surface area contributed by atoms with E-state index < -0.39 is 0 Å². The van der Waals surface area contributed by atoms with Gasteiger partial charge in [0.15, 0.2) is 0 Å². The van der Waals surface area contributed by atoms with Crippen molar-refractivity contribution in [3.63, 3.8) is 0 Å². The molecule has 2 atom stereocenters. The third-order valence-electron chi connectivity index (χ3n) is 4.31. The van der Waals surface area contributed by atoms with E-state index in [1.807, 2.05) is 0 Å². The molecule has 3 N–H and O–H groups in total. The zero-order chi connectivity index (χ0) is 11.6. The Bertz CT molecular complexity index is 232. The van der Waals surface area contributed by atoms with Crippen LogP contribution in [0, 0.1) is 11.3 Å². The molecule has 2 heterocycles. The second-order valence-corrected chi connectivity index (χ2v) is 5.79. The lowest BCUT2D eigenvalue weighted by atomic mass is 9.86. The fraction of sp³-hybridized carbons (Fsp3) is 1.00. The molecule has 2 aliphatic heterocycles. The Morgan fingerprint density at radius 3 is 2.76 bits per heavy atom. The third-order valence-corrected chi connectivity index (χ3v) is 4.31. The molecule has 0 aliphatic carbocycles. The van der Waals surface area contributed by atoms with E-state index in [0.29, 0.717) is 24.0 Å². The molecule has 0 aromatic rings. The summed E-state index contributed by atoms with van der Waals surface area (Å²) >= 11 is 0. The molecule has 17 heavy (non-hydrogen) atoms. The minimum absolute atomic E-state index is 0. The summed E-state index contributed by atoms with van der Waals surface area (Å²) in [6.45, 7) is 9.95. The standard InChI is InChI=1S/C12H25N3O.CH4.H2/c1-10(2)11(7-16-13)15-6-4-12(9-15)3-5-14-8-12;;/h10-11,14H,3-9,13H2,1-2H3;1H4;1H/t11-,12+;;/m1../s1. The monoisotopic (exact) mass is 245 g/mol. The van der Waals surface area contributed by atoms with Crippen LogP contribution in [0.15, 0.2) is 0 Å². The fourth-order valence-corrected chi connectivity index (χ4v) is 3.21. The minimum Gasteiger partial charge on any atom is -0.316 e. The van der Waals surface area contributed by atoms with Crippen LogP contribution in [0.25, 0.3) is 0 Å². The van der Waals surface area contributed by atoms with Gasteiger partial charge in [-0.15, -0.1) is 0 Å². The molecule has 4 heteroatoms. The van der Waals surface area contributed by atoms with Gasteiger partial charge in [-0.1, -0.05) is 21.3 Å². The van der Waals surface area contributed by atoms with Gasteiger partial charge in [-0.3, -0.25) is 4.90 Å². The third kappa shape index (κ3) is 3.19. The van der Waals surface area contributed by atoms with Crippen molar-refractivity contribution in [1.29, 1.82) is 0 Å². The maximum Gasteiger partial charge on any atom is 0.0837 e. The quantitative estimate of drug-likeness (QED) is 0.737. The fourth-order valence-electron chi connectivity index (χ4n) is 3.21. The highest BCUT2D eigenvalue weighted by atomic mass is 16.6. The molecular weight excluding hydrogens is 214 g/mol. The number of hydrogen-bond acceptors (Lipinski definition) is 4. The van der Waals surface area contributed by atoms with Gasteiger partial charge >= 0.3 is 0 Å². The molecule has 2 fully saturated rings. The lowest BCUT2D eigenvalue weighted by Crippen LogP contribution is -2.43. The van der Waals surface area contributed by atoms with Crippen molar-refractivity contribution in [2.24, 2.45) is 17.2 Å². The van der Waals surface area contributed by atoms with Crippen LogP contribution in [0.4, 0.5) is 0 Å². The van der Waals surface area contributed by atoms with Gasteiger partial charge in [-0.05, 0) is 37.3 Å². The topological polar surface area (TPSA) is 50.5 Å². The van der Waals surface area contributed by atoms with Gasteiger partial charge in [-0.25, -0.2) is 5.90 Å². The molecule has 4 nitrogen and oxygen atoms in total. The van der Waals surface area contributed by atoms with E-state index in [0.717, 1.165) is 0 Å². The second kappa shape index (κ2) is 6.14. The van der Waals surface area contributed by atoms with Crippen LogP contribution in [-0.4, -0.2) is 43.7 Å². The summed E-state index contributed by atoms with van der Waals surface area (Å²) in [4.78, 5) is 7.45. The van der Waals surface area contributed by atoms with Crippen molar-refractivity contribution in [2.75, 3.05) is 32.8 Å². The predicted octanol–water partition coefficient (Wildman–Crippen LogP) is 1.47. The van der Waals surface area contributed by atoms with Crippen molar-refractivity contribution in [3.05, 3.63) is 0 Å². The smallest absolute Gasteiger partial charge is 0.0837 e. The van der Waals surface area contributed by atoms with Gasteiger partial charge in [0.25, 0.3) is 0 Å². The summed E-state index contributed by atoms with van der Waals surface area (Å²) in [5, 5.41) is 3.49. The molecule has 0 amide bonds. The Morgan fingerprint density at radius 1 is 1.47 bits per heavy atom.